The highest BCUT2D eigenvalue weighted by Crippen LogP contribution is 2.30. The van der Waals surface area contributed by atoms with E-state index in [4.69, 9.17) is 14.2 Å². The van der Waals surface area contributed by atoms with Crippen molar-refractivity contribution in [3.05, 3.63) is 18.1 Å². The van der Waals surface area contributed by atoms with Crippen LogP contribution in [0.2, 0.25) is 0 Å². The van der Waals surface area contributed by atoms with Crippen LogP contribution in [0.1, 0.15) is 16.9 Å². The Morgan fingerprint density at radius 1 is 1.35 bits per heavy atom. The Kier molecular flexibility index (Phi) is 3.54. The average molecular weight is 279 g/mol. The fourth-order valence-corrected chi connectivity index (χ4v) is 2.66. The molecule has 0 aliphatic carbocycles. The molecule has 20 heavy (non-hydrogen) atoms. The third kappa shape index (κ3) is 2.23. The van der Waals surface area contributed by atoms with Gasteiger partial charge >= 0.3 is 0 Å². The topological polar surface area (TPSA) is 73.8 Å². The number of hydrogen-bond donors (Lipinski definition) is 0. The number of morpholine rings is 1. The summed E-state index contributed by atoms with van der Waals surface area (Å²) in [5, 5.41) is 0. The Bertz CT molecular complexity index is 502. The number of carbonyl (C=O) groups is 1. The average Bonchev–Trinajstić information content (AvgIpc) is 2.96. The molecule has 2 aliphatic heterocycles. The van der Waals surface area contributed by atoms with Crippen LogP contribution in [0.25, 0.3) is 0 Å². The summed E-state index contributed by atoms with van der Waals surface area (Å²) in [6.07, 6.45) is 3.73. The highest BCUT2D eigenvalue weighted by molar-refractivity contribution is 5.92. The molecule has 2 fully saturated rings. The van der Waals surface area contributed by atoms with Crippen LogP contribution >= 0.6 is 0 Å². The normalized spacial score (nSPS) is 25.9. The second-order valence-corrected chi connectivity index (χ2v) is 4.98. The van der Waals surface area contributed by atoms with Gasteiger partial charge in [-0.25, -0.2) is 4.98 Å². The molecule has 0 N–H and O–H groups in total. The molecule has 3 rings (SSSR count). The minimum absolute atomic E-state index is 0.148. The van der Waals surface area contributed by atoms with Crippen LogP contribution in [-0.2, 0) is 9.47 Å². The number of rotatable bonds is 2. The third-order valence-corrected chi connectivity index (χ3v) is 3.77. The van der Waals surface area contributed by atoms with Gasteiger partial charge in [0.25, 0.3) is 5.91 Å². The summed E-state index contributed by atoms with van der Waals surface area (Å²) in [6.45, 7) is 2.75. The molecule has 0 aromatic carbocycles. The molecule has 108 valence electrons. The van der Waals surface area contributed by atoms with E-state index in [9.17, 15) is 4.79 Å². The number of hydrogen-bond acceptors (Lipinski definition) is 6. The maximum Gasteiger partial charge on any atom is 0.274 e. The molecule has 1 atom stereocenters. The predicted octanol–water partition coefficient (Wildman–Crippen LogP) is 0.117. The Labute approximate surface area is 116 Å². The monoisotopic (exact) mass is 279 g/mol. The van der Waals surface area contributed by atoms with E-state index in [0.29, 0.717) is 38.9 Å². The molecule has 0 bridgehead atoms. The molecule has 0 radical (unpaired) electrons. The first-order valence-electron chi connectivity index (χ1n) is 6.59. The van der Waals surface area contributed by atoms with Gasteiger partial charge in [-0.3, -0.25) is 9.78 Å². The lowest BCUT2D eigenvalue weighted by Gasteiger charge is -2.43. The predicted molar refractivity (Wildman–Crippen MR) is 68.6 cm³/mol. The van der Waals surface area contributed by atoms with Gasteiger partial charge in [-0.05, 0) is 6.42 Å². The highest BCUT2D eigenvalue weighted by atomic mass is 16.5. The Morgan fingerprint density at radius 2 is 2.15 bits per heavy atom. The molecular formula is C13H17N3O4. The standard InChI is InChI=1S/C13H17N3O4/c1-18-11-7-14-6-10(15-11)12(17)16-3-5-20-9-13(16)2-4-19-8-13/h6-7H,2-5,8-9H2,1H3. The van der Waals surface area contributed by atoms with Gasteiger partial charge in [0.2, 0.25) is 5.88 Å². The van der Waals surface area contributed by atoms with Crippen LogP contribution in [0.15, 0.2) is 12.4 Å². The van der Waals surface area contributed by atoms with Crippen LogP contribution in [0.4, 0.5) is 0 Å². The molecule has 1 spiro atoms. The molecule has 7 nitrogen and oxygen atoms in total. The van der Waals surface area contributed by atoms with E-state index >= 15 is 0 Å². The van der Waals surface area contributed by atoms with E-state index in [0.717, 1.165) is 6.42 Å². The van der Waals surface area contributed by atoms with Crippen LogP contribution in [0.3, 0.4) is 0 Å². The summed E-state index contributed by atoms with van der Waals surface area (Å²) in [5.74, 6) is 0.186. The summed E-state index contributed by atoms with van der Waals surface area (Å²) >= 11 is 0. The number of methoxy groups -OCH3 is 1. The van der Waals surface area contributed by atoms with Crippen LogP contribution in [-0.4, -0.2) is 66.4 Å². The van der Waals surface area contributed by atoms with Crippen molar-refractivity contribution in [3.8, 4) is 5.88 Å². The number of amides is 1. The summed E-state index contributed by atoms with van der Waals surface area (Å²) in [6, 6.07) is 0. The molecule has 1 aromatic heterocycles. The van der Waals surface area contributed by atoms with Gasteiger partial charge in [0.15, 0.2) is 5.69 Å². The largest absolute Gasteiger partial charge is 0.480 e. The lowest BCUT2D eigenvalue weighted by atomic mass is 9.95. The Morgan fingerprint density at radius 3 is 2.90 bits per heavy atom. The molecule has 7 heteroatoms. The summed E-state index contributed by atoms with van der Waals surface area (Å²) in [7, 11) is 1.50. The summed E-state index contributed by atoms with van der Waals surface area (Å²) in [4.78, 5) is 22.7. The fourth-order valence-electron chi connectivity index (χ4n) is 2.66. The van der Waals surface area contributed by atoms with Crippen molar-refractivity contribution in [1.29, 1.82) is 0 Å². The van der Waals surface area contributed by atoms with E-state index in [-0.39, 0.29) is 17.1 Å². The molecule has 2 saturated heterocycles. The van der Waals surface area contributed by atoms with Gasteiger partial charge in [-0.15, -0.1) is 0 Å². The van der Waals surface area contributed by atoms with Gasteiger partial charge in [0, 0.05) is 13.2 Å². The molecule has 1 amide bonds. The molecule has 1 unspecified atom stereocenters. The third-order valence-electron chi connectivity index (χ3n) is 3.77. The van der Waals surface area contributed by atoms with E-state index in [1.54, 1.807) is 0 Å². The minimum Gasteiger partial charge on any atom is -0.480 e. The first-order valence-corrected chi connectivity index (χ1v) is 6.59. The molecular weight excluding hydrogens is 262 g/mol. The second-order valence-electron chi connectivity index (χ2n) is 4.98. The Balaban J connectivity index is 1.87. The quantitative estimate of drug-likeness (QED) is 0.765. The van der Waals surface area contributed by atoms with Crippen LogP contribution in [0, 0.1) is 0 Å². The zero-order valence-corrected chi connectivity index (χ0v) is 11.4. The summed E-state index contributed by atoms with van der Waals surface area (Å²) in [5.41, 5.74) is -0.0716. The van der Waals surface area contributed by atoms with Crippen molar-refractivity contribution < 1.29 is 19.0 Å². The molecule has 3 heterocycles. The van der Waals surface area contributed by atoms with E-state index in [2.05, 4.69) is 9.97 Å². The number of nitrogens with zero attached hydrogens (tertiary/aromatic N) is 3. The van der Waals surface area contributed by atoms with Crippen LogP contribution < -0.4 is 4.74 Å². The highest BCUT2D eigenvalue weighted by Gasteiger charge is 2.46. The first-order chi connectivity index (χ1) is 9.75. The van der Waals surface area contributed by atoms with Gasteiger partial charge in [-0.1, -0.05) is 0 Å². The summed E-state index contributed by atoms with van der Waals surface area (Å²) < 4.78 is 16.0. The fraction of sp³-hybridized carbons (Fsp3) is 0.615. The van der Waals surface area contributed by atoms with Crippen molar-refractivity contribution >= 4 is 5.91 Å². The number of aromatic nitrogens is 2. The van der Waals surface area contributed by atoms with Gasteiger partial charge in [0.05, 0.1) is 44.9 Å². The lowest BCUT2D eigenvalue weighted by Crippen LogP contribution is -2.59. The van der Waals surface area contributed by atoms with Crippen molar-refractivity contribution in [2.24, 2.45) is 0 Å². The van der Waals surface area contributed by atoms with Crippen molar-refractivity contribution in [2.75, 3.05) is 40.1 Å². The van der Waals surface area contributed by atoms with Crippen LogP contribution in [0.5, 0.6) is 5.88 Å². The molecule has 2 aliphatic rings. The van der Waals surface area contributed by atoms with Gasteiger partial charge < -0.3 is 19.1 Å². The SMILES string of the molecule is COc1cncc(C(=O)N2CCOCC23CCOC3)n1. The minimum atomic E-state index is -0.361. The van der Waals surface area contributed by atoms with E-state index < -0.39 is 0 Å². The van der Waals surface area contributed by atoms with Gasteiger partial charge in [-0.2, -0.15) is 0 Å². The van der Waals surface area contributed by atoms with Crippen molar-refractivity contribution in [2.45, 2.75) is 12.0 Å². The Hall–Kier alpha value is -1.73. The molecule has 1 aromatic rings. The smallest absolute Gasteiger partial charge is 0.274 e. The zero-order valence-electron chi connectivity index (χ0n) is 11.4. The maximum absolute atomic E-state index is 12.7. The van der Waals surface area contributed by atoms with E-state index in [1.165, 1.54) is 19.5 Å². The molecule has 0 saturated carbocycles. The number of ether oxygens (including phenoxy) is 3. The maximum atomic E-state index is 12.7. The number of carbonyl (C=O) groups excluding carboxylic acids is 1. The van der Waals surface area contributed by atoms with Crippen molar-refractivity contribution in [3.63, 3.8) is 0 Å². The van der Waals surface area contributed by atoms with Gasteiger partial charge in [0.1, 0.15) is 0 Å². The zero-order chi connectivity index (χ0) is 14.0. The lowest BCUT2D eigenvalue weighted by molar-refractivity contribution is -0.0553. The first kappa shape index (κ1) is 13.3. The van der Waals surface area contributed by atoms with Crippen molar-refractivity contribution in [1.82, 2.24) is 14.9 Å². The second kappa shape index (κ2) is 5.34. The van der Waals surface area contributed by atoms with E-state index in [1.807, 2.05) is 4.90 Å².